The molecule has 736 valence electrons. The van der Waals surface area contributed by atoms with Crippen LogP contribution in [0.3, 0.4) is 0 Å². The number of hydrogen-bond acceptors (Lipinski definition) is 20. The molecular weight excluding hydrogens is 1980 g/mol. The van der Waals surface area contributed by atoms with Gasteiger partial charge in [0.2, 0.25) is 0 Å². The van der Waals surface area contributed by atoms with Crippen LogP contribution in [0.2, 0.25) is 25.1 Å². The maximum Gasteiger partial charge on any atom is 0.416 e. The highest BCUT2D eigenvalue weighted by Crippen LogP contribution is 2.40. The predicted octanol–water partition coefficient (Wildman–Crippen LogP) is 25.1. The van der Waals surface area contributed by atoms with Gasteiger partial charge in [-0.1, -0.05) is 190 Å². The average Bonchev–Trinajstić information content (AvgIpc) is 1.64. The molecule has 0 saturated heterocycles. The molecule has 0 aliphatic carbocycles. The molecule has 36 heteroatoms. The Bertz CT molecular complexity index is 8320. The normalized spacial score (nSPS) is 11.3. The lowest BCUT2D eigenvalue weighted by molar-refractivity contribution is -0.138. The Morgan fingerprint density at radius 3 is 0.829 bits per heavy atom. The molecule has 0 saturated carbocycles. The smallest absolute Gasteiger partial charge is 0.416 e. The zero-order chi connectivity index (χ0) is 103. The Morgan fingerprint density at radius 1 is 0.267 bits per heavy atom. The van der Waals surface area contributed by atoms with Crippen molar-refractivity contribution in [2.75, 3.05) is 35.5 Å². The number of halogens is 11. The van der Waals surface area contributed by atoms with Gasteiger partial charge in [-0.05, 0) is 178 Å². The summed E-state index contributed by atoms with van der Waals surface area (Å²) in [6, 6.07) is 78.6. The van der Waals surface area contributed by atoms with E-state index in [0.29, 0.717) is 95.8 Å². The number of hydrogen-bond donors (Lipinski definition) is 0. The molecule has 5 aromatic carbocycles. The molecule has 20 rings (SSSR count). The van der Waals surface area contributed by atoms with Gasteiger partial charge in [0.1, 0.15) is 28.5 Å². The first kappa shape index (κ1) is 103. The van der Waals surface area contributed by atoms with E-state index in [1.807, 2.05) is 97.1 Å². The van der Waals surface area contributed by atoms with Crippen molar-refractivity contribution in [1.82, 2.24) is 73.0 Å². The molecule has 0 radical (unpaired) electrons. The van der Waals surface area contributed by atoms with Gasteiger partial charge >= 0.3 is 42.2 Å². The summed E-state index contributed by atoms with van der Waals surface area (Å²) in [7, 11) is 6.58. The summed E-state index contributed by atoms with van der Waals surface area (Å²) in [5, 5.41) is 26.1. The maximum atomic E-state index is 13.2. The zero-order valence-corrected chi connectivity index (χ0v) is 82.6. The molecule has 15 aromatic heterocycles. The van der Waals surface area contributed by atoms with Crippen LogP contribution in [-0.2, 0) is 68.1 Å². The maximum absolute atomic E-state index is 13.2. The van der Waals surface area contributed by atoms with Crippen LogP contribution in [0.4, 0.5) is 26.3 Å². The fraction of sp³-hybridized carbons (Fsp3) is 0.136. The van der Waals surface area contributed by atoms with Crippen molar-refractivity contribution in [2.24, 2.45) is 0 Å². The Labute approximate surface area is 855 Å². The minimum Gasteiger partial charge on any atom is -0.464 e. The fourth-order valence-corrected chi connectivity index (χ4v) is 17.1. The van der Waals surface area contributed by atoms with E-state index in [0.717, 1.165) is 131 Å². The van der Waals surface area contributed by atoms with Gasteiger partial charge in [0.25, 0.3) is 0 Å². The molecule has 0 bridgehead atoms. The van der Waals surface area contributed by atoms with Gasteiger partial charge in [0.05, 0.1) is 128 Å². The van der Waals surface area contributed by atoms with Crippen molar-refractivity contribution < 1.29 is 74.0 Å². The van der Waals surface area contributed by atoms with E-state index in [4.69, 9.17) is 97.0 Å². The SMILES string of the molecule is COC(=O)c1cccc(Cc2c(-c3ccc(C(F)(F)F)cc3)nn3cc(Cl)ccc23)n1.COC(=O)c1cccc(Cc2c(-c3ccc(C)cc3)nn3cc(Cl)ccc23)n1.COC(=O)c1cccc(Cc2c(-c3cccc(C(F)(F)F)c3)nn3cc(Cl)ccc23)n1.COC(=O)c1cccc(Cc2c(-c3cccc(C)c3)nn3cc(Cl)ccc23)n1.COC(=O)c1cccc(Cc2c(-c3ccccc3C)nn3cc(Cl)ccc23)n1. The van der Waals surface area contributed by atoms with Gasteiger partial charge in [-0.3, -0.25) is 0 Å². The summed E-state index contributed by atoms with van der Waals surface area (Å²) in [5.41, 5.74) is 22.7. The van der Waals surface area contributed by atoms with Crippen LogP contribution in [0.5, 0.6) is 0 Å². The van der Waals surface area contributed by atoms with E-state index in [9.17, 15) is 50.3 Å². The summed E-state index contributed by atoms with van der Waals surface area (Å²) in [4.78, 5) is 81.1. The number of benzene rings is 5. The molecule has 0 amide bonds. The highest BCUT2D eigenvalue weighted by Gasteiger charge is 2.33. The Hall–Kier alpha value is -16.3. The molecule has 0 atom stereocenters. The number of methoxy groups -OCH3 is 5. The molecule has 0 unspecified atom stereocenters. The Kier molecular flexibility index (Phi) is 31.7. The van der Waals surface area contributed by atoms with Gasteiger partial charge in [0, 0.05) is 147 Å². The monoisotopic (exact) mass is 2060 g/mol. The zero-order valence-electron chi connectivity index (χ0n) is 78.9. The molecule has 0 spiro atoms. The first-order valence-electron chi connectivity index (χ1n) is 44.8. The van der Waals surface area contributed by atoms with Gasteiger partial charge in [-0.25, -0.2) is 71.5 Å². The van der Waals surface area contributed by atoms with Gasteiger partial charge in [0.15, 0.2) is 0 Å². The van der Waals surface area contributed by atoms with Crippen LogP contribution in [0, 0.1) is 20.8 Å². The Balaban J connectivity index is 0.000000131. The number of nitrogens with zero attached hydrogens (tertiary/aromatic N) is 15. The average molecular weight is 2070 g/mol. The van der Waals surface area contributed by atoms with Crippen LogP contribution in [0.15, 0.2) is 304 Å². The number of aromatic nitrogens is 15. The van der Waals surface area contributed by atoms with E-state index < -0.39 is 53.3 Å². The number of alkyl halides is 6. The quantitative estimate of drug-likeness (QED) is 0.0389. The highest BCUT2D eigenvalue weighted by atomic mass is 35.5. The number of rotatable bonds is 20. The van der Waals surface area contributed by atoms with Gasteiger partial charge in [-0.15, -0.1) is 0 Å². The lowest BCUT2D eigenvalue weighted by Crippen LogP contribution is -2.06. The minimum absolute atomic E-state index is 0.139. The molecular formula is C110H84Cl5F6N15O10. The highest BCUT2D eigenvalue weighted by molar-refractivity contribution is 6.32. The molecule has 0 aliphatic rings. The fourth-order valence-electron chi connectivity index (χ4n) is 16.3. The summed E-state index contributed by atoms with van der Waals surface area (Å²) >= 11 is 30.6. The van der Waals surface area contributed by atoms with E-state index >= 15 is 0 Å². The minimum atomic E-state index is -4.48. The molecule has 25 nitrogen and oxygen atoms in total. The standard InChI is InChI=1S/2C22H15ClF3N3O2.3C22H18ClN3O2/c1-31-21(30)18-7-3-6-16(27-18)11-17-19-9-8-15(23)12-29(19)28-20(17)13-4-2-5-14(10-13)22(24,25)26;1-31-21(30)18-4-2-3-16(27-18)11-17-19-10-9-15(23)12-29(19)28-20(17)13-5-7-14(8-6-13)22(24,25)26;1-14-5-3-6-15(11-14)21-18(20-10-9-16(23)13-26(20)25-21)12-17-7-4-8-19(24-17)22(27)28-2;1-14-6-3-4-8-17(14)21-18(20-11-10-15(23)13-26(20)25-21)12-16-7-5-9-19(24-16)22(27)28-2;1-14-6-8-15(9-7-14)21-18(20-11-10-16(23)13-26(20)25-21)12-17-4-3-5-19(24-17)22(27)28-2/h2*2-10,12H,11H2,1H3;3*3-11,13H,12H2,1-2H3. The predicted molar refractivity (Wildman–Crippen MR) is 544 cm³/mol. The van der Waals surface area contributed by atoms with E-state index in [2.05, 4.69) is 104 Å². The van der Waals surface area contributed by atoms with Crippen molar-refractivity contribution >= 4 is 115 Å². The first-order valence-corrected chi connectivity index (χ1v) is 46.7. The molecule has 0 N–H and O–H groups in total. The largest absolute Gasteiger partial charge is 0.464 e. The van der Waals surface area contributed by atoms with Crippen molar-refractivity contribution in [2.45, 2.75) is 65.2 Å². The number of pyridine rings is 10. The second-order valence-corrected chi connectivity index (χ2v) is 35.3. The van der Waals surface area contributed by atoms with Crippen LogP contribution in [0.1, 0.15) is 137 Å². The number of carbonyl (C=O) groups is 5. The summed E-state index contributed by atoms with van der Waals surface area (Å²) in [6.07, 6.45) is 1.78. The summed E-state index contributed by atoms with van der Waals surface area (Å²) < 4.78 is 111. The summed E-state index contributed by atoms with van der Waals surface area (Å²) in [6.45, 7) is 6.17. The van der Waals surface area contributed by atoms with Gasteiger partial charge in [-0.2, -0.15) is 51.8 Å². The van der Waals surface area contributed by atoms with Crippen LogP contribution in [0.25, 0.3) is 83.9 Å². The number of ether oxygens (including phenoxy) is 5. The van der Waals surface area contributed by atoms with E-state index in [-0.39, 0.29) is 34.9 Å². The third-order valence-electron chi connectivity index (χ3n) is 23.2. The molecule has 0 fully saturated rings. The number of fused-ring (bicyclic) bond motifs is 5. The first-order chi connectivity index (χ1) is 70.2. The van der Waals surface area contributed by atoms with Gasteiger partial charge < -0.3 is 23.7 Å². The van der Waals surface area contributed by atoms with E-state index in [1.54, 1.807) is 128 Å². The van der Waals surface area contributed by atoms with E-state index in [1.165, 1.54) is 69.9 Å². The second kappa shape index (κ2) is 45.1. The third-order valence-corrected chi connectivity index (χ3v) is 24.4. The van der Waals surface area contributed by atoms with Crippen molar-refractivity contribution in [3.63, 3.8) is 0 Å². The second-order valence-electron chi connectivity index (χ2n) is 33.1. The number of aryl methyl sites for hydroxylation is 3. The van der Waals surface area contributed by atoms with Crippen LogP contribution in [-0.4, -0.2) is 138 Å². The third kappa shape index (κ3) is 24.1. The number of carbonyl (C=O) groups excluding carboxylic acids is 5. The number of esters is 5. The molecule has 146 heavy (non-hydrogen) atoms. The Morgan fingerprint density at radius 2 is 0.534 bits per heavy atom. The summed E-state index contributed by atoms with van der Waals surface area (Å²) in [5.74, 6) is -2.49. The van der Waals surface area contributed by atoms with Crippen molar-refractivity contribution in [3.8, 4) is 56.3 Å². The van der Waals surface area contributed by atoms with Crippen LogP contribution >= 0.6 is 58.0 Å². The van der Waals surface area contributed by atoms with Crippen molar-refractivity contribution in [1.29, 1.82) is 0 Å². The molecule has 15 heterocycles. The molecule has 20 aromatic rings. The van der Waals surface area contributed by atoms with Crippen molar-refractivity contribution in [3.05, 3.63) is 442 Å². The van der Waals surface area contributed by atoms with Crippen LogP contribution < -0.4 is 0 Å². The lowest BCUT2D eigenvalue weighted by atomic mass is 9.99. The molecule has 0 aliphatic heterocycles. The topological polar surface area (TPSA) is 282 Å². The lowest BCUT2D eigenvalue weighted by Gasteiger charge is -2.09.